The number of ether oxygens (including phenoxy) is 1. The van der Waals surface area contributed by atoms with Crippen LogP contribution in [0, 0.1) is 0 Å². The van der Waals surface area contributed by atoms with Crippen LogP contribution in [0.4, 0.5) is 0 Å². The molecule has 0 amide bonds. The van der Waals surface area contributed by atoms with Crippen LogP contribution in [0.25, 0.3) is 0 Å². The maximum atomic E-state index is 5.69. The monoisotopic (exact) mass is 231 g/mol. The van der Waals surface area contributed by atoms with Crippen molar-refractivity contribution < 1.29 is 4.74 Å². The van der Waals surface area contributed by atoms with E-state index in [2.05, 4.69) is 16.5 Å². The quantitative estimate of drug-likeness (QED) is 0.851. The van der Waals surface area contributed by atoms with Gasteiger partial charge < -0.3 is 10.1 Å². The second-order valence-corrected chi connectivity index (χ2v) is 3.95. The first-order valence-corrected chi connectivity index (χ1v) is 5.63. The van der Waals surface area contributed by atoms with Gasteiger partial charge in [0.25, 0.3) is 0 Å². The molecular weight excluding hydrogens is 214 g/mol. The summed E-state index contributed by atoms with van der Waals surface area (Å²) in [6.45, 7) is 1.35. The molecule has 4 nitrogen and oxygen atoms in total. The Kier molecular flexibility index (Phi) is 3.77. The van der Waals surface area contributed by atoms with E-state index in [1.807, 2.05) is 44.6 Å². The van der Waals surface area contributed by atoms with Crippen LogP contribution in [0.2, 0.25) is 0 Å². The fourth-order valence-corrected chi connectivity index (χ4v) is 1.65. The topological polar surface area (TPSA) is 39.1 Å². The fourth-order valence-electron chi connectivity index (χ4n) is 1.65. The maximum Gasteiger partial charge on any atom is 0.132 e. The molecule has 0 aliphatic heterocycles. The Morgan fingerprint density at radius 1 is 1.35 bits per heavy atom. The van der Waals surface area contributed by atoms with Crippen LogP contribution in [0.3, 0.4) is 0 Å². The summed E-state index contributed by atoms with van der Waals surface area (Å²) in [5.74, 6) is 0.878. The summed E-state index contributed by atoms with van der Waals surface area (Å²) in [5, 5.41) is 7.38. The molecule has 1 aromatic carbocycles. The number of nitrogens with one attached hydrogen (secondary N) is 1. The molecule has 4 heteroatoms. The highest BCUT2D eigenvalue weighted by molar-refractivity contribution is 5.28. The van der Waals surface area contributed by atoms with E-state index in [-0.39, 0.29) is 0 Å². The molecule has 0 radical (unpaired) electrons. The third-order valence-electron chi connectivity index (χ3n) is 2.43. The summed E-state index contributed by atoms with van der Waals surface area (Å²) in [6.07, 6.45) is 1.91. The fraction of sp³-hybridized carbons (Fsp3) is 0.308. The van der Waals surface area contributed by atoms with E-state index in [4.69, 9.17) is 4.74 Å². The van der Waals surface area contributed by atoms with Gasteiger partial charge in [0.15, 0.2) is 0 Å². The van der Waals surface area contributed by atoms with Gasteiger partial charge in [-0.05, 0) is 30.8 Å². The van der Waals surface area contributed by atoms with Crippen molar-refractivity contribution in [2.24, 2.45) is 7.05 Å². The highest BCUT2D eigenvalue weighted by Gasteiger charge is 1.99. The molecule has 1 heterocycles. The summed E-state index contributed by atoms with van der Waals surface area (Å²) in [6, 6.07) is 10.0. The molecule has 0 fully saturated rings. The van der Waals surface area contributed by atoms with Gasteiger partial charge in [0.2, 0.25) is 0 Å². The number of aromatic nitrogens is 2. The van der Waals surface area contributed by atoms with Crippen LogP contribution in [0.1, 0.15) is 11.3 Å². The second kappa shape index (κ2) is 5.50. The van der Waals surface area contributed by atoms with E-state index in [0.29, 0.717) is 6.61 Å². The highest BCUT2D eigenvalue weighted by atomic mass is 16.5. The van der Waals surface area contributed by atoms with Crippen molar-refractivity contribution in [2.45, 2.75) is 13.2 Å². The standard InChI is InChI=1S/C13H17N3O/c1-14-9-11-4-3-5-13(8-11)17-10-12-6-7-16(2)15-12/h3-8,14H,9-10H2,1-2H3. The Morgan fingerprint density at radius 2 is 2.24 bits per heavy atom. The van der Waals surface area contributed by atoms with Crippen molar-refractivity contribution in [3.63, 3.8) is 0 Å². The molecule has 0 unspecified atom stereocenters. The predicted octanol–water partition coefficient (Wildman–Crippen LogP) is 1.72. The second-order valence-electron chi connectivity index (χ2n) is 3.95. The zero-order valence-corrected chi connectivity index (χ0v) is 10.2. The van der Waals surface area contributed by atoms with Gasteiger partial charge >= 0.3 is 0 Å². The molecule has 2 rings (SSSR count). The van der Waals surface area contributed by atoms with Crippen molar-refractivity contribution in [1.29, 1.82) is 0 Å². The third-order valence-corrected chi connectivity index (χ3v) is 2.43. The lowest BCUT2D eigenvalue weighted by atomic mass is 10.2. The number of benzene rings is 1. The van der Waals surface area contributed by atoms with Crippen LogP contribution in [-0.2, 0) is 20.2 Å². The molecule has 0 saturated heterocycles. The Bertz CT molecular complexity index is 479. The minimum atomic E-state index is 0.504. The lowest BCUT2D eigenvalue weighted by Gasteiger charge is -2.06. The third kappa shape index (κ3) is 3.32. The first kappa shape index (κ1) is 11.7. The first-order chi connectivity index (χ1) is 8.28. The van der Waals surface area contributed by atoms with Gasteiger partial charge in [-0.3, -0.25) is 4.68 Å². The van der Waals surface area contributed by atoms with Crippen molar-refractivity contribution >= 4 is 0 Å². The average Bonchev–Trinajstić information content (AvgIpc) is 2.74. The van der Waals surface area contributed by atoms with Gasteiger partial charge in [0.05, 0.1) is 5.69 Å². The van der Waals surface area contributed by atoms with Crippen LogP contribution >= 0.6 is 0 Å². The molecule has 1 N–H and O–H groups in total. The minimum Gasteiger partial charge on any atom is -0.487 e. The molecule has 0 aliphatic carbocycles. The average molecular weight is 231 g/mol. The van der Waals surface area contributed by atoms with Crippen LogP contribution in [-0.4, -0.2) is 16.8 Å². The van der Waals surface area contributed by atoms with Gasteiger partial charge in [-0.1, -0.05) is 12.1 Å². The number of hydrogen-bond donors (Lipinski definition) is 1. The first-order valence-electron chi connectivity index (χ1n) is 5.63. The number of hydrogen-bond acceptors (Lipinski definition) is 3. The molecule has 0 aliphatic rings. The Morgan fingerprint density at radius 3 is 2.94 bits per heavy atom. The van der Waals surface area contributed by atoms with Gasteiger partial charge in [0.1, 0.15) is 12.4 Å². The van der Waals surface area contributed by atoms with Crippen LogP contribution in [0.5, 0.6) is 5.75 Å². The van der Waals surface area contributed by atoms with E-state index >= 15 is 0 Å². The molecule has 0 atom stereocenters. The Hall–Kier alpha value is -1.81. The minimum absolute atomic E-state index is 0.504. The molecule has 0 spiro atoms. The normalized spacial score (nSPS) is 10.5. The van der Waals surface area contributed by atoms with E-state index < -0.39 is 0 Å². The highest BCUT2D eigenvalue weighted by Crippen LogP contribution is 2.14. The van der Waals surface area contributed by atoms with Crippen LogP contribution in [0.15, 0.2) is 36.5 Å². The summed E-state index contributed by atoms with van der Waals surface area (Å²) in [5.41, 5.74) is 2.15. The molecule has 2 aromatic rings. The Balaban J connectivity index is 1.96. The zero-order chi connectivity index (χ0) is 12.1. The van der Waals surface area contributed by atoms with Crippen molar-refractivity contribution in [1.82, 2.24) is 15.1 Å². The lowest BCUT2D eigenvalue weighted by Crippen LogP contribution is -2.05. The molecule has 0 bridgehead atoms. The van der Waals surface area contributed by atoms with Crippen LogP contribution < -0.4 is 10.1 Å². The number of nitrogens with zero attached hydrogens (tertiary/aromatic N) is 2. The molecule has 90 valence electrons. The Labute approximate surface area is 101 Å². The maximum absolute atomic E-state index is 5.69. The van der Waals surface area contributed by atoms with Gasteiger partial charge in [-0.15, -0.1) is 0 Å². The van der Waals surface area contributed by atoms with Crippen molar-refractivity contribution in [3.05, 3.63) is 47.8 Å². The molecule has 17 heavy (non-hydrogen) atoms. The summed E-state index contributed by atoms with van der Waals surface area (Å²) < 4.78 is 7.46. The number of rotatable bonds is 5. The summed E-state index contributed by atoms with van der Waals surface area (Å²) in [7, 11) is 3.83. The van der Waals surface area contributed by atoms with E-state index in [1.54, 1.807) is 4.68 Å². The molecule has 0 saturated carbocycles. The SMILES string of the molecule is CNCc1cccc(OCc2ccn(C)n2)c1. The van der Waals surface area contributed by atoms with Crippen molar-refractivity contribution in [3.8, 4) is 5.75 Å². The van der Waals surface area contributed by atoms with Gasteiger partial charge in [-0.2, -0.15) is 5.10 Å². The summed E-state index contributed by atoms with van der Waals surface area (Å²) >= 11 is 0. The largest absolute Gasteiger partial charge is 0.487 e. The van der Waals surface area contributed by atoms with E-state index in [9.17, 15) is 0 Å². The van der Waals surface area contributed by atoms with Gasteiger partial charge in [-0.25, -0.2) is 0 Å². The van der Waals surface area contributed by atoms with E-state index in [1.165, 1.54) is 5.56 Å². The molecule has 1 aromatic heterocycles. The van der Waals surface area contributed by atoms with E-state index in [0.717, 1.165) is 18.0 Å². The lowest BCUT2D eigenvalue weighted by molar-refractivity contribution is 0.299. The van der Waals surface area contributed by atoms with Gasteiger partial charge in [0, 0.05) is 19.8 Å². The number of aryl methyl sites for hydroxylation is 1. The predicted molar refractivity (Wildman–Crippen MR) is 66.7 cm³/mol. The summed E-state index contributed by atoms with van der Waals surface area (Å²) in [4.78, 5) is 0. The smallest absolute Gasteiger partial charge is 0.132 e. The zero-order valence-electron chi connectivity index (χ0n) is 10.2. The van der Waals surface area contributed by atoms with Crippen molar-refractivity contribution in [2.75, 3.05) is 7.05 Å². The molecular formula is C13H17N3O.